The third-order valence-corrected chi connectivity index (χ3v) is 1.51. The second-order valence-corrected chi connectivity index (χ2v) is 2.39. The highest BCUT2D eigenvalue weighted by Crippen LogP contribution is 2.05. The van der Waals surface area contributed by atoms with Gasteiger partial charge in [-0.25, -0.2) is 4.39 Å². The quantitative estimate of drug-likeness (QED) is 0.564. The molecule has 1 N–H and O–H groups in total. The average Bonchev–Trinajstić information content (AvgIpc) is 2.14. The van der Waals surface area contributed by atoms with E-state index >= 15 is 0 Å². The molecule has 0 bridgehead atoms. The molecule has 0 aliphatic carbocycles. The van der Waals surface area contributed by atoms with E-state index < -0.39 is 0 Å². The van der Waals surface area contributed by atoms with E-state index in [4.69, 9.17) is 5.11 Å². The van der Waals surface area contributed by atoms with E-state index in [9.17, 15) is 4.39 Å². The van der Waals surface area contributed by atoms with Gasteiger partial charge in [-0.05, 0) is 12.1 Å². The van der Waals surface area contributed by atoms with Gasteiger partial charge in [-0.3, -0.25) is 0 Å². The molecular formula is C9H10FNO2. The fraction of sp³-hybridized carbons (Fsp3) is 0.222. The van der Waals surface area contributed by atoms with Crippen LogP contribution < -0.4 is 0 Å². The molecule has 0 aliphatic heterocycles. The van der Waals surface area contributed by atoms with E-state index in [2.05, 4.69) is 9.99 Å². The molecule has 0 heterocycles. The van der Waals surface area contributed by atoms with Gasteiger partial charge in [-0.2, -0.15) is 0 Å². The first kappa shape index (κ1) is 9.67. The van der Waals surface area contributed by atoms with Crippen LogP contribution in [0.25, 0.3) is 0 Å². The van der Waals surface area contributed by atoms with Crippen LogP contribution in [0.3, 0.4) is 0 Å². The van der Waals surface area contributed by atoms with Gasteiger partial charge in [0.05, 0.1) is 6.61 Å². The van der Waals surface area contributed by atoms with Crippen LogP contribution in [0.5, 0.6) is 0 Å². The highest BCUT2D eigenvalue weighted by atomic mass is 19.1. The Bertz CT molecular complexity index is 312. The van der Waals surface area contributed by atoms with Crippen molar-refractivity contribution in [3.63, 3.8) is 0 Å². The lowest BCUT2D eigenvalue weighted by atomic mass is 10.1. The van der Waals surface area contributed by atoms with Gasteiger partial charge in [0.15, 0.2) is 0 Å². The minimum absolute atomic E-state index is 0.280. The SMILES string of the molecule is CON=C(CO)c1cccc(F)c1. The summed E-state index contributed by atoms with van der Waals surface area (Å²) < 4.78 is 12.7. The lowest BCUT2D eigenvalue weighted by Crippen LogP contribution is -2.07. The normalized spacial score (nSPS) is 11.5. The number of rotatable bonds is 3. The standard InChI is InChI=1S/C9H10FNO2/c1-13-11-9(6-12)7-3-2-4-8(10)5-7/h2-5,12H,6H2,1H3. The van der Waals surface area contributed by atoms with Crippen LogP contribution in [0.1, 0.15) is 5.56 Å². The predicted octanol–water partition coefficient (Wildman–Crippen LogP) is 1.17. The van der Waals surface area contributed by atoms with Crippen LogP contribution in [-0.4, -0.2) is 24.5 Å². The minimum Gasteiger partial charge on any atom is -0.399 e. The number of halogens is 1. The molecule has 70 valence electrons. The van der Waals surface area contributed by atoms with Crippen LogP contribution in [0, 0.1) is 5.82 Å². The Morgan fingerprint density at radius 1 is 1.62 bits per heavy atom. The van der Waals surface area contributed by atoms with Gasteiger partial charge >= 0.3 is 0 Å². The smallest absolute Gasteiger partial charge is 0.123 e. The summed E-state index contributed by atoms with van der Waals surface area (Å²) in [6.07, 6.45) is 0. The van der Waals surface area contributed by atoms with Gasteiger partial charge in [-0.15, -0.1) is 0 Å². The van der Waals surface area contributed by atoms with Crippen LogP contribution in [0.2, 0.25) is 0 Å². The molecule has 1 rings (SSSR count). The van der Waals surface area contributed by atoms with Crippen molar-refractivity contribution >= 4 is 5.71 Å². The van der Waals surface area contributed by atoms with E-state index in [1.165, 1.54) is 19.2 Å². The molecule has 0 aliphatic rings. The minimum atomic E-state index is -0.366. The molecule has 0 spiro atoms. The van der Waals surface area contributed by atoms with Crippen molar-refractivity contribution in [2.45, 2.75) is 0 Å². The number of hydrogen-bond acceptors (Lipinski definition) is 3. The fourth-order valence-corrected chi connectivity index (χ4v) is 0.951. The first-order valence-corrected chi connectivity index (χ1v) is 3.74. The van der Waals surface area contributed by atoms with Gasteiger partial charge in [-0.1, -0.05) is 17.3 Å². The number of aliphatic hydroxyl groups is 1. The molecule has 0 fully saturated rings. The van der Waals surface area contributed by atoms with Gasteiger partial charge in [0, 0.05) is 5.56 Å². The maximum absolute atomic E-state index is 12.7. The molecule has 0 radical (unpaired) electrons. The Morgan fingerprint density at radius 2 is 2.38 bits per heavy atom. The largest absolute Gasteiger partial charge is 0.399 e. The molecule has 3 nitrogen and oxygen atoms in total. The monoisotopic (exact) mass is 183 g/mol. The van der Waals surface area contributed by atoms with E-state index in [-0.39, 0.29) is 12.4 Å². The van der Waals surface area contributed by atoms with Gasteiger partial charge in [0.25, 0.3) is 0 Å². The molecule has 0 saturated carbocycles. The van der Waals surface area contributed by atoms with Gasteiger partial charge in [0.1, 0.15) is 18.6 Å². The van der Waals surface area contributed by atoms with Crippen molar-refractivity contribution in [3.8, 4) is 0 Å². The van der Waals surface area contributed by atoms with Crippen molar-refractivity contribution in [1.29, 1.82) is 0 Å². The Kier molecular flexibility index (Phi) is 3.40. The first-order chi connectivity index (χ1) is 6.27. The molecule has 0 atom stereocenters. The highest BCUT2D eigenvalue weighted by molar-refractivity contribution is 6.01. The maximum Gasteiger partial charge on any atom is 0.123 e. The zero-order chi connectivity index (χ0) is 9.68. The molecule has 1 aromatic rings. The van der Waals surface area contributed by atoms with E-state index in [0.717, 1.165) is 0 Å². The Labute approximate surface area is 75.4 Å². The topological polar surface area (TPSA) is 41.8 Å². The summed E-state index contributed by atoms with van der Waals surface area (Å²) in [7, 11) is 1.37. The van der Waals surface area contributed by atoms with Crippen LogP contribution in [0.15, 0.2) is 29.4 Å². The molecule has 0 saturated heterocycles. The maximum atomic E-state index is 12.7. The zero-order valence-electron chi connectivity index (χ0n) is 7.20. The number of aliphatic hydroxyl groups excluding tert-OH is 1. The lowest BCUT2D eigenvalue weighted by Gasteiger charge is -2.01. The molecule has 1 aromatic carbocycles. The molecule has 0 aromatic heterocycles. The van der Waals surface area contributed by atoms with E-state index in [1.807, 2.05) is 0 Å². The van der Waals surface area contributed by atoms with E-state index in [1.54, 1.807) is 12.1 Å². The predicted molar refractivity (Wildman–Crippen MR) is 47.0 cm³/mol. The third-order valence-electron chi connectivity index (χ3n) is 1.51. The summed E-state index contributed by atoms with van der Waals surface area (Å²) in [5.74, 6) is -0.366. The first-order valence-electron chi connectivity index (χ1n) is 3.74. The van der Waals surface area contributed by atoms with Crippen molar-refractivity contribution in [1.82, 2.24) is 0 Å². The average molecular weight is 183 g/mol. The Morgan fingerprint density at radius 3 is 2.92 bits per heavy atom. The number of benzene rings is 1. The second kappa shape index (κ2) is 4.57. The van der Waals surface area contributed by atoms with Crippen molar-refractivity contribution in [2.24, 2.45) is 5.16 Å². The zero-order valence-corrected chi connectivity index (χ0v) is 7.20. The van der Waals surface area contributed by atoms with Crippen LogP contribution >= 0.6 is 0 Å². The lowest BCUT2D eigenvalue weighted by molar-refractivity contribution is 0.209. The summed E-state index contributed by atoms with van der Waals surface area (Å²) >= 11 is 0. The second-order valence-electron chi connectivity index (χ2n) is 2.39. The van der Waals surface area contributed by atoms with Gasteiger partial charge in [0.2, 0.25) is 0 Å². The number of oxime groups is 1. The molecule has 13 heavy (non-hydrogen) atoms. The van der Waals surface area contributed by atoms with Gasteiger partial charge < -0.3 is 9.94 Å². The Balaban J connectivity index is 2.98. The summed E-state index contributed by atoms with van der Waals surface area (Å²) in [5.41, 5.74) is 0.825. The summed E-state index contributed by atoms with van der Waals surface area (Å²) in [4.78, 5) is 4.49. The highest BCUT2D eigenvalue weighted by Gasteiger charge is 2.03. The van der Waals surface area contributed by atoms with Crippen LogP contribution in [0.4, 0.5) is 4.39 Å². The van der Waals surface area contributed by atoms with Crippen molar-refractivity contribution < 1.29 is 14.3 Å². The fourth-order valence-electron chi connectivity index (χ4n) is 0.951. The summed E-state index contributed by atoms with van der Waals surface area (Å²) in [6.45, 7) is -0.280. The third kappa shape index (κ3) is 2.52. The van der Waals surface area contributed by atoms with E-state index in [0.29, 0.717) is 11.3 Å². The molecule has 0 unspecified atom stereocenters. The van der Waals surface area contributed by atoms with Crippen molar-refractivity contribution in [2.75, 3.05) is 13.7 Å². The van der Waals surface area contributed by atoms with Crippen LogP contribution in [-0.2, 0) is 4.84 Å². The molecule has 0 amide bonds. The number of hydrogen-bond donors (Lipinski definition) is 1. The summed E-state index contributed by atoms with van der Waals surface area (Å²) in [5, 5.41) is 12.4. The summed E-state index contributed by atoms with van der Waals surface area (Å²) in [6, 6.07) is 5.81. The molecular weight excluding hydrogens is 173 g/mol. The Hall–Kier alpha value is -1.42. The van der Waals surface area contributed by atoms with Crippen molar-refractivity contribution in [3.05, 3.63) is 35.6 Å². The number of nitrogens with zero attached hydrogens (tertiary/aromatic N) is 1. The molecule has 4 heteroatoms.